The third-order valence-corrected chi connectivity index (χ3v) is 5.67. The summed E-state index contributed by atoms with van der Waals surface area (Å²) in [5.74, 6) is 3.30. The Hall–Kier alpha value is -0.280. The molecule has 1 amide bonds. The topological polar surface area (TPSA) is 32.3 Å². The standard InChI is InChI=1S/C16H28N2O.ClH/c1-17-9-6-12-7-10-18(11-8-12)16(19)15-13-4-2-3-5-14(13)15;/h12-15,17H,2-11H2,1H3;1H. The van der Waals surface area contributed by atoms with Gasteiger partial charge in [-0.25, -0.2) is 0 Å². The molecule has 0 aromatic carbocycles. The highest BCUT2D eigenvalue weighted by atomic mass is 35.5. The zero-order valence-corrected chi connectivity index (χ0v) is 13.5. The van der Waals surface area contributed by atoms with E-state index in [1.165, 1.54) is 44.9 Å². The van der Waals surface area contributed by atoms with Gasteiger partial charge < -0.3 is 10.2 Å². The lowest BCUT2D eigenvalue weighted by Gasteiger charge is -2.32. The van der Waals surface area contributed by atoms with Crippen molar-refractivity contribution in [3.05, 3.63) is 0 Å². The molecule has 3 rings (SSSR count). The summed E-state index contributed by atoms with van der Waals surface area (Å²) in [6, 6.07) is 0. The van der Waals surface area contributed by atoms with Crippen molar-refractivity contribution in [3.8, 4) is 0 Å². The van der Waals surface area contributed by atoms with Gasteiger partial charge in [-0.3, -0.25) is 4.79 Å². The average Bonchev–Trinajstić information content (AvgIpc) is 3.19. The maximum Gasteiger partial charge on any atom is 0.226 e. The molecule has 2 saturated carbocycles. The molecule has 0 radical (unpaired) electrons. The smallest absolute Gasteiger partial charge is 0.226 e. The van der Waals surface area contributed by atoms with E-state index >= 15 is 0 Å². The number of hydrogen-bond donors (Lipinski definition) is 1. The number of nitrogens with zero attached hydrogens (tertiary/aromatic N) is 1. The monoisotopic (exact) mass is 300 g/mol. The number of halogens is 1. The number of piperidine rings is 1. The fourth-order valence-electron chi connectivity index (χ4n) is 4.36. The number of carbonyl (C=O) groups excluding carboxylic acids is 1. The van der Waals surface area contributed by atoms with Crippen molar-refractivity contribution in [2.45, 2.75) is 44.9 Å². The Morgan fingerprint density at radius 1 is 1.10 bits per heavy atom. The Morgan fingerprint density at radius 2 is 1.70 bits per heavy atom. The van der Waals surface area contributed by atoms with E-state index < -0.39 is 0 Å². The molecule has 2 aliphatic carbocycles. The van der Waals surface area contributed by atoms with Crippen molar-refractivity contribution in [1.29, 1.82) is 0 Å². The van der Waals surface area contributed by atoms with Gasteiger partial charge in [-0.2, -0.15) is 0 Å². The van der Waals surface area contributed by atoms with Crippen LogP contribution < -0.4 is 5.32 Å². The maximum absolute atomic E-state index is 12.6. The predicted molar refractivity (Wildman–Crippen MR) is 84.0 cm³/mol. The van der Waals surface area contributed by atoms with Gasteiger partial charge in [0.1, 0.15) is 0 Å². The van der Waals surface area contributed by atoms with E-state index in [0.717, 1.165) is 37.4 Å². The van der Waals surface area contributed by atoms with Crippen LogP contribution in [0, 0.1) is 23.7 Å². The number of amides is 1. The number of rotatable bonds is 4. The van der Waals surface area contributed by atoms with Crippen LogP contribution >= 0.6 is 12.4 Å². The van der Waals surface area contributed by atoms with Crippen LogP contribution in [0.1, 0.15) is 44.9 Å². The van der Waals surface area contributed by atoms with Crippen molar-refractivity contribution in [2.75, 3.05) is 26.7 Å². The highest BCUT2D eigenvalue weighted by Gasteiger charge is 2.55. The third kappa shape index (κ3) is 3.30. The molecule has 1 N–H and O–H groups in total. The molecule has 0 spiro atoms. The molecule has 0 aromatic heterocycles. The van der Waals surface area contributed by atoms with E-state index in [1.54, 1.807) is 0 Å². The predicted octanol–water partition coefficient (Wildman–Crippen LogP) is 2.69. The molecule has 1 aliphatic heterocycles. The minimum Gasteiger partial charge on any atom is -0.342 e. The minimum atomic E-state index is 0. The first-order chi connectivity index (χ1) is 9.31. The van der Waals surface area contributed by atoms with E-state index in [9.17, 15) is 4.79 Å². The molecule has 3 aliphatic rings. The highest BCUT2D eigenvalue weighted by molar-refractivity contribution is 5.85. The molecule has 1 saturated heterocycles. The molecule has 2 atom stereocenters. The summed E-state index contributed by atoms with van der Waals surface area (Å²) in [6.07, 6.45) is 9.06. The summed E-state index contributed by atoms with van der Waals surface area (Å²) in [4.78, 5) is 14.7. The highest BCUT2D eigenvalue weighted by Crippen LogP contribution is 2.56. The average molecular weight is 301 g/mol. The molecular formula is C16H29ClN2O. The van der Waals surface area contributed by atoms with Crippen LogP contribution in [0.2, 0.25) is 0 Å². The number of carbonyl (C=O) groups is 1. The Balaban J connectivity index is 0.00000147. The van der Waals surface area contributed by atoms with Crippen molar-refractivity contribution in [2.24, 2.45) is 23.7 Å². The SMILES string of the molecule is CNCCC1CCN(C(=O)C2C3CCCCC32)CC1.Cl. The summed E-state index contributed by atoms with van der Waals surface area (Å²) in [6.45, 7) is 3.15. The first-order valence-corrected chi connectivity index (χ1v) is 8.24. The summed E-state index contributed by atoms with van der Waals surface area (Å²) >= 11 is 0. The van der Waals surface area contributed by atoms with Crippen molar-refractivity contribution >= 4 is 18.3 Å². The number of hydrogen-bond acceptors (Lipinski definition) is 2. The van der Waals surface area contributed by atoms with Crippen molar-refractivity contribution in [3.63, 3.8) is 0 Å². The van der Waals surface area contributed by atoms with Gasteiger partial charge in [-0.1, -0.05) is 12.8 Å². The Morgan fingerprint density at radius 3 is 2.25 bits per heavy atom. The lowest BCUT2D eigenvalue weighted by molar-refractivity contribution is -0.134. The van der Waals surface area contributed by atoms with E-state index in [2.05, 4.69) is 10.2 Å². The molecule has 3 fully saturated rings. The van der Waals surface area contributed by atoms with Gasteiger partial charge in [0.05, 0.1) is 0 Å². The molecule has 4 heteroatoms. The van der Waals surface area contributed by atoms with Gasteiger partial charge >= 0.3 is 0 Å². The molecule has 2 unspecified atom stereocenters. The summed E-state index contributed by atoms with van der Waals surface area (Å²) < 4.78 is 0. The van der Waals surface area contributed by atoms with Crippen molar-refractivity contribution < 1.29 is 4.79 Å². The van der Waals surface area contributed by atoms with Crippen LogP contribution in [-0.2, 0) is 4.79 Å². The zero-order valence-electron chi connectivity index (χ0n) is 12.6. The minimum absolute atomic E-state index is 0. The van der Waals surface area contributed by atoms with Crippen LogP contribution in [0.4, 0.5) is 0 Å². The largest absolute Gasteiger partial charge is 0.342 e. The molecule has 116 valence electrons. The van der Waals surface area contributed by atoms with Gasteiger partial charge in [-0.05, 0) is 63.5 Å². The number of nitrogens with one attached hydrogen (secondary N) is 1. The molecule has 0 bridgehead atoms. The van der Waals surface area contributed by atoms with Crippen molar-refractivity contribution in [1.82, 2.24) is 10.2 Å². The van der Waals surface area contributed by atoms with E-state index in [1.807, 2.05) is 7.05 Å². The fraction of sp³-hybridized carbons (Fsp3) is 0.938. The molecule has 3 nitrogen and oxygen atoms in total. The zero-order chi connectivity index (χ0) is 13.2. The quantitative estimate of drug-likeness (QED) is 0.866. The second-order valence-corrected chi connectivity index (χ2v) is 6.80. The fourth-order valence-corrected chi connectivity index (χ4v) is 4.36. The summed E-state index contributed by atoms with van der Waals surface area (Å²) in [7, 11) is 2.02. The lowest BCUT2D eigenvalue weighted by Crippen LogP contribution is -2.40. The molecule has 20 heavy (non-hydrogen) atoms. The van der Waals surface area contributed by atoms with Gasteiger partial charge in [0, 0.05) is 19.0 Å². The second kappa shape index (κ2) is 7.13. The number of likely N-dealkylation sites (tertiary alicyclic amines) is 1. The van der Waals surface area contributed by atoms with Gasteiger partial charge in [0.25, 0.3) is 0 Å². The summed E-state index contributed by atoms with van der Waals surface area (Å²) in [5, 5.41) is 3.23. The normalized spacial score (nSPS) is 33.2. The Kier molecular flexibility index (Phi) is 5.74. The molecular weight excluding hydrogens is 272 g/mol. The van der Waals surface area contributed by atoms with Gasteiger partial charge in [0.2, 0.25) is 5.91 Å². The van der Waals surface area contributed by atoms with Crippen LogP contribution in [-0.4, -0.2) is 37.5 Å². The number of fused-ring (bicyclic) bond motifs is 1. The van der Waals surface area contributed by atoms with Crippen LogP contribution in [0.3, 0.4) is 0 Å². The first kappa shape index (κ1) is 16.1. The van der Waals surface area contributed by atoms with Crippen LogP contribution in [0.5, 0.6) is 0 Å². The lowest BCUT2D eigenvalue weighted by atomic mass is 9.93. The first-order valence-electron chi connectivity index (χ1n) is 8.24. The molecule has 1 heterocycles. The Bertz CT molecular complexity index is 316. The Labute approximate surface area is 129 Å². The van der Waals surface area contributed by atoms with E-state index in [-0.39, 0.29) is 12.4 Å². The van der Waals surface area contributed by atoms with Crippen LogP contribution in [0.15, 0.2) is 0 Å². The van der Waals surface area contributed by atoms with Gasteiger partial charge in [0.15, 0.2) is 0 Å². The van der Waals surface area contributed by atoms with Crippen LogP contribution in [0.25, 0.3) is 0 Å². The third-order valence-electron chi connectivity index (χ3n) is 5.67. The summed E-state index contributed by atoms with van der Waals surface area (Å²) in [5.41, 5.74) is 0. The second-order valence-electron chi connectivity index (χ2n) is 6.80. The molecule has 0 aromatic rings. The maximum atomic E-state index is 12.6. The van der Waals surface area contributed by atoms with E-state index in [0.29, 0.717) is 11.8 Å². The van der Waals surface area contributed by atoms with Gasteiger partial charge in [-0.15, -0.1) is 12.4 Å². The van der Waals surface area contributed by atoms with E-state index in [4.69, 9.17) is 0 Å².